The number of sulfonamides is 1. The lowest BCUT2D eigenvalue weighted by Crippen LogP contribution is -2.27. The molecule has 0 amide bonds. The van der Waals surface area contributed by atoms with Gasteiger partial charge in [-0.2, -0.15) is 27.1 Å². The van der Waals surface area contributed by atoms with E-state index in [1.807, 2.05) is 0 Å². The molecule has 1 fully saturated rings. The molecule has 0 aromatic carbocycles. The minimum Gasteiger partial charge on any atom is -0.248 e. The summed E-state index contributed by atoms with van der Waals surface area (Å²) in [5.74, 6) is -1.22. The molecule has 13 heteroatoms. The number of fused-ring (bicyclic) bond motifs is 1. The summed E-state index contributed by atoms with van der Waals surface area (Å²) in [7, 11) is -3.57. The number of alkyl halides is 3. The second-order valence-corrected chi connectivity index (χ2v) is 8.99. The van der Waals surface area contributed by atoms with Crippen LogP contribution in [0.25, 0.3) is 5.65 Å². The van der Waals surface area contributed by atoms with Crippen LogP contribution in [0, 0.1) is 0 Å². The highest BCUT2D eigenvalue weighted by Gasteiger charge is 2.37. The molecular weight excluding hydrogens is 417 g/mol. The fourth-order valence-electron chi connectivity index (χ4n) is 2.77. The van der Waals surface area contributed by atoms with Gasteiger partial charge in [-0.25, -0.2) is 13.4 Å². The Hall–Kier alpha value is -2.25. The van der Waals surface area contributed by atoms with E-state index >= 15 is 0 Å². The second-order valence-electron chi connectivity index (χ2n) is 6.01. The average Bonchev–Trinajstić information content (AvgIpc) is 3.31. The van der Waals surface area contributed by atoms with Crippen LogP contribution in [0.3, 0.4) is 0 Å². The van der Waals surface area contributed by atoms with Gasteiger partial charge in [-0.3, -0.25) is 0 Å². The Morgan fingerprint density at radius 1 is 1.00 bits per heavy atom. The van der Waals surface area contributed by atoms with E-state index in [9.17, 15) is 21.6 Å². The van der Waals surface area contributed by atoms with E-state index in [0.29, 0.717) is 22.6 Å². The van der Waals surface area contributed by atoms with Crippen LogP contribution < -0.4 is 0 Å². The number of hydrogen-bond acceptors (Lipinski definition) is 7. The second kappa shape index (κ2) is 6.97. The lowest BCUT2D eigenvalue weighted by Gasteiger charge is -2.15. The van der Waals surface area contributed by atoms with Crippen LogP contribution >= 0.6 is 11.8 Å². The molecule has 3 aromatic heterocycles. The molecule has 0 N–H and O–H groups in total. The highest BCUT2D eigenvalue weighted by Crippen LogP contribution is 2.30. The molecule has 8 nitrogen and oxygen atoms in total. The molecule has 0 bridgehead atoms. The van der Waals surface area contributed by atoms with Crippen LogP contribution in [0.5, 0.6) is 0 Å². The standard InChI is InChI=1S/C15H13F3N6O2S2/c16-15(17,18)14-21-20-11-4-6-13(22-24(11)14)27-12-5-3-10(9-19-12)28(25,26)23-7-1-2-8-23/h3-6,9H,1-2,7-8H2. The van der Waals surface area contributed by atoms with Gasteiger partial charge in [0.1, 0.15) is 14.9 Å². The zero-order chi connectivity index (χ0) is 19.9. The first kappa shape index (κ1) is 19.1. The van der Waals surface area contributed by atoms with Crippen molar-refractivity contribution in [2.75, 3.05) is 13.1 Å². The molecule has 148 valence electrons. The smallest absolute Gasteiger partial charge is 0.248 e. The van der Waals surface area contributed by atoms with E-state index < -0.39 is 22.0 Å². The third kappa shape index (κ3) is 3.56. The summed E-state index contributed by atoms with van der Waals surface area (Å²) in [5.41, 5.74) is -0.0308. The van der Waals surface area contributed by atoms with Gasteiger partial charge in [0, 0.05) is 19.3 Å². The predicted molar refractivity (Wildman–Crippen MR) is 92.1 cm³/mol. The molecule has 0 radical (unpaired) electrons. The molecule has 1 aliphatic rings. The van der Waals surface area contributed by atoms with Crippen molar-refractivity contribution in [2.45, 2.75) is 34.0 Å². The summed E-state index contributed by atoms with van der Waals surface area (Å²) < 4.78 is 65.9. The fraction of sp³-hybridized carbons (Fsp3) is 0.333. The molecule has 0 saturated carbocycles. The Morgan fingerprint density at radius 3 is 2.36 bits per heavy atom. The number of pyridine rings is 1. The number of rotatable bonds is 4. The van der Waals surface area contributed by atoms with Crippen molar-refractivity contribution in [1.29, 1.82) is 0 Å². The maximum absolute atomic E-state index is 13.0. The molecule has 0 unspecified atom stereocenters. The third-order valence-corrected chi connectivity index (χ3v) is 6.87. The monoisotopic (exact) mass is 430 g/mol. The minimum absolute atomic E-state index is 0.0308. The van der Waals surface area contributed by atoms with Crippen LogP contribution in [-0.2, 0) is 16.2 Å². The first-order valence-corrected chi connectivity index (χ1v) is 10.4. The number of halogens is 3. The van der Waals surface area contributed by atoms with Gasteiger partial charge < -0.3 is 0 Å². The van der Waals surface area contributed by atoms with Crippen molar-refractivity contribution >= 4 is 27.4 Å². The molecule has 0 spiro atoms. The largest absolute Gasteiger partial charge is 0.453 e. The molecule has 3 aromatic rings. The summed E-state index contributed by atoms with van der Waals surface area (Å²) >= 11 is 1.00. The Labute approximate surface area is 161 Å². The van der Waals surface area contributed by atoms with Gasteiger partial charge in [-0.15, -0.1) is 10.2 Å². The number of nitrogens with zero attached hydrogens (tertiary/aromatic N) is 6. The van der Waals surface area contributed by atoms with E-state index in [-0.39, 0.29) is 15.6 Å². The molecule has 28 heavy (non-hydrogen) atoms. The van der Waals surface area contributed by atoms with Gasteiger partial charge in [-0.05, 0) is 48.9 Å². The molecule has 0 atom stereocenters. The quantitative estimate of drug-likeness (QED) is 0.628. The van der Waals surface area contributed by atoms with Crippen molar-refractivity contribution in [3.05, 3.63) is 36.3 Å². The summed E-state index contributed by atoms with van der Waals surface area (Å²) in [6.07, 6.45) is -1.77. The summed E-state index contributed by atoms with van der Waals surface area (Å²) in [6, 6.07) is 5.78. The van der Waals surface area contributed by atoms with E-state index in [1.54, 1.807) is 0 Å². The Morgan fingerprint density at radius 2 is 1.71 bits per heavy atom. The Bertz CT molecular complexity index is 1110. The summed E-state index contributed by atoms with van der Waals surface area (Å²) in [5, 5.41) is 11.1. The van der Waals surface area contributed by atoms with Crippen molar-refractivity contribution < 1.29 is 21.6 Å². The Kier molecular flexibility index (Phi) is 4.75. The Balaban J connectivity index is 1.58. The SMILES string of the molecule is O=S(=O)(c1ccc(Sc2ccc3nnc(C(F)(F)F)n3n2)nc1)N1CCCC1. The number of aromatic nitrogens is 5. The van der Waals surface area contributed by atoms with E-state index in [4.69, 9.17) is 0 Å². The van der Waals surface area contributed by atoms with Crippen molar-refractivity contribution in [1.82, 2.24) is 29.1 Å². The first-order chi connectivity index (χ1) is 13.2. The summed E-state index contributed by atoms with van der Waals surface area (Å²) in [4.78, 5) is 4.19. The van der Waals surface area contributed by atoms with Crippen LogP contribution in [0.4, 0.5) is 13.2 Å². The van der Waals surface area contributed by atoms with Gasteiger partial charge in [0.05, 0.1) is 0 Å². The van der Waals surface area contributed by atoms with Crippen molar-refractivity contribution in [2.24, 2.45) is 0 Å². The van der Waals surface area contributed by atoms with Gasteiger partial charge >= 0.3 is 6.18 Å². The average molecular weight is 430 g/mol. The van der Waals surface area contributed by atoms with Gasteiger partial charge in [-0.1, -0.05) is 0 Å². The van der Waals surface area contributed by atoms with E-state index in [0.717, 1.165) is 24.6 Å². The minimum atomic E-state index is -4.68. The summed E-state index contributed by atoms with van der Waals surface area (Å²) in [6.45, 7) is 0.979. The highest BCUT2D eigenvalue weighted by atomic mass is 32.2. The lowest BCUT2D eigenvalue weighted by molar-refractivity contribution is -0.146. The molecular formula is C15H13F3N6O2S2. The highest BCUT2D eigenvalue weighted by molar-refractivity contribution is 7.99. The predicted octanol–water partition coefficient (Wildman–Crippen LogP) is 2.47. The fourth-order valence-corrected chi connectivity index (χ4v) is 4.94. The van der Waals surface area contributed by atoms with Crippen LogP contribution in [0.1, 0.15) is 18.7 Å². The molecule has 1 aliphatic heterocycles. The van der Waals surface area contributed by atoms with E-state index in [1.165, 1.54) is 34.8 Å². The van der Waals surface area contributed by atoms with E-state index in [2.05, 4.69) is 20.3 Å². The van der Waals surface area contributed by atoms with Gasteiger partial charge in [0.15, 0.2) is 5.65 Å². The first-order valence-electron chi connectivity index (χ1n) is 8.19. The molecule has 1 saturated heterocycles. The molecule has 4 heterocycles. The van der Waals surface area contributed by atoms with Gasteiger partial charge in [0.25, 0.3) is 5.82 Å². The zero-order valence-electron chi connectivity index (χ0n) is 14.2. The normalized spacial score (nSPS) is 16.1. The zero-order valence-corrected chi connectivity index (χ0v) is 15.8. The topological polar surface area (TPSA) is 93.3 Å². The molecule has 0 aliphatic carbocycles. The van der Waals surface area contributed by atoms with Crippen molar-refractivity contribution in [3.8, 4) is 0 Å². The van der Waals surface area contributed by atoms with Crippen molar-refractivity contribution in [3.63, 3.8) is 0 Å². The maximum atomic E-state index is 13.0. The lowest BCUT2D eigenvalue weighted by atomic mass is 10.4. The van der Waals surface area contributed by atoms with Crippen LogP contribution in [-0.4, -0.2) is 50.6 Å². The maximum Gasteiger partial charge on any atom is 0.453 e. The van der Waals surface area contributed by atoms with Crippen LogP contribution in [0.2, 0.25) is 0 Å². The third-order valence-electron chi connectivity index (χ3n) is 4.11. The number of hydrogen-bond donors (Lipinski definition) is 0. The van der Waals surface area contributed by atoms with Crippen LogP contribution in [0.15, 0.2) is 45.4 Å². The molecule has 4 rings (SSSR count). The van der Waals surface area contributed by atoms with Gasteiger partial charge in [0.2, 0.25) is 10.0 Å².